The van der Waals surface area contributed by atoms with Crippen LogP contribution >= 0.6 is 15.9 Å². The predicted molar refractivity (Wildman–Crippen MR) is 83.8 cm³/mol. The molecule has 0 amide bonds. The van der Waals surface area contributed by atoms with Crippen LogP contribution in [0.15, 0.2) is 22.7 Å². The highest BCUT2D eigenvalue weighted by molar-refractivity contribution is 9.10. The normalized spacial score (nSPS) is 23.9. The first kappa shape index (κ1) is 14.9. The Balaban J connectivity index is 2.07. The van der Waals surface area contributed by atoms with Crippen LogP contribution in [0.5, 0.6) is 5.75 Å². The molecule has 1 aromatic carbocycles. The zero-order chi connectivity index (χ0) is 13.7. The Morgan fingerprint density at radius 2 is 2.05 bits per heavy atom. The van der Waals surface area contributed by atoms with Gasteiger partial charge in [-0.1, -0.05) is 25.3 Å². The Hall–Kier alpha value is -0.540. The SMILES string of the molecule is CNC1CCCCCC1Cc1ccc(OC)c(Br)c1. The Bertz CT molecular complexity index is 408. The molecule has 3 heteroatoms. The molecule has 0 aliphatic heterocycles. The summed E-state index contributed by atoms with van der Waals surface area (Å²) in [5.41, 5.74) is 1.40. The van der Waals surface area contributed by atoms with E-state index in [-0.39, 0.29) is 0 Å². The van der Waals surface area contributed by atoms with Gasteiger partial charge in [0.2, 0.25) is 0 Å². The lowest BCUT2D eigenvalue weighted by atomic mass is 9.88. The smallest absolute Gasteiger partial charge is 0.133 e. The standard InChI is InChI=1S/C16H24BrNO/c1-18-15-7-5-3-4-6-13(15)10-12-8-9-16(19-2)14(17)11-12/h8-9,11,13,15,18H,3-7,10H2,1-2H3. The van der Waals surface area contributed by atoms with Crippen LogP contribution in [0.1, 0.15) is 37.7 Å². The predicted octanol–water partition coefficient (Wildman–Crippen LogP) is 4.17. The van der Waals surface area contributed by atoms with Crippen molar-refractivity contribution in [1.82, 2.24) is 5.32 Å². The van der Waals surface area contributed by atoms with Gasteiger partial charge in [0.25, 0.3) is 0 Å². The van der Waals surface area contributed by atoms with Crippen molar-refractivity contribution in [2.24, 2.45) is 5.92 Å². The molecule has 0 bridgehead atoms. The number of rotatable bonds is 4. The summed E-state index contributed by atoms with van der Waals surface area (Å²) in [6.07, 6.45) is 7.96. The van der Waals surface area contributed by atoms with Crippen LogP contribution < -0.4 is 10.1 Å². The monoisotopic (exact) mass is 325 g/mol. The third-order valence-corrected chi connectivity index (χ3v) is 4.86. The number of halogens is 1. The second-order valence-corrected chi connectivity index (χ2v) is 6.32. The first-order valence-electron chi connectivity index (χ1n) is 7.24. The summed E-state index contributed by atoms with van der Waals surface area (Å²) in [7, 11) is 3.81. The first-order chi connectivity index (χ1) is 9.24. The quantitative estimate of drug-likeness (QED) is 0.839. The van der Waals surface area contributed by atoms with Crippen molar-refractivity contribution in [3.8, 4) is 5.75 Å². The van der Waals surface area contributed by atoms with Crippen LogP contribution in [0, 0.1) is 5.92 Å². The number of nitrogens with one attached hydrogen (secondary N) is 1. The molecule has 2 rings (SSSR count). The van der Waals surface area contributed by atoms with Crippen LogP contribution in [0.3, 0.4) is 0 Å². The van der Waals surface area contributed by atoms with E-state index < -0.39 is 0 Å². The molecule has 2 unspecified atom stereocenters. The Morgan fingerprint density at radius 3 is 2.74 bits per heavy atom. The highest BCUT2D eigenvalue weighted by atomic mass is 79.9. The van der Waals surface area contributed by atoms with Gasteiger partial charge < -0.3 is 10.1 Å². The van der Waals surface area contributed by atoms with E-state index in [2.05, 4.69) is 46.5 Å². The van der Waals surface area contributed by atoms with E-state index in [1.54, 1.807) is 7.11 Å². The molecule has 1 aliphatic carbocycles. The summed E-state index contributed by atoms with van der Waals surface area (Å²) in [5, 5.41) is 3.51. The highest BCUT2D eigenvalue weighted by Gasteiger charge is 2.22. The number of ether oxygens (including phenoxy) is 1. The fourth-order valence-corrected chi connectivity index (χ4v) is 3.74. The van der Waals surface area contributed by atoms with E-state index in [1.807, 2.05) is 0 Å². The third-order valence-electron chi connectivity index (χ3n) is 4.24. The molecule has 1 saturated carbocycles. The van der Waals surface area contributed by atoms with E-state index in [9.17, 15) is 0 Å². The Kier molecular flexibility index (Phi) is 5.71. The van der Waals surface area contributed by atoms with Crippen LogP contribution in [-0.4, -0.2) is 20.2 Å². The summed E-state index contributed by atoms with van der Waals surface area (Å²) < 4.78 is 6.35. The second-order valence-electron chi connectivity index (χ2n) is 5.47. The van der Waals surface area contributed by atoms with Gasteiger partial charge in [0.05, 0.1) is 11.6 Å². The van der Waals surface area contributed by atoms with Crippen LogP contribution in [0.2, 0.25) is 0 Å². The van der Waals surface area contributed by atoms with Crippen molar-refractivity contribution in [2.45, 2.75) is 44.6 Å². The molecule has 0 spiro atoms. The average Bonchev–Trinajstić information content (AvgIpc) is 2.64. The largest absolute Gasteiger partial charge is 0.496 e. The third kappa shape index (κ3) is 3.96. The number of benzene rings is 1. The van der Waals surface area contributed by atoms with Gasteiger partial charge in [0.15, 0.2) is 0 Å². The molecule has 1 aromatic rings. The molecule has 106 valence electrons. The molecule has 0 saturated heterocycles. The van der Waals surface area contributed by atoms with Crippen LogP contribution in [-0.2, 0) is 6.42 Å². The van der Waals surface area contributed by atoms with Gasteiger partial charge >= 0.3 is 0 Å². The molecule has 0 heterocycles. The second kappa shape index (κ2) is 7.30. The minimum absolute atomic E-state index is 0.670. The lowest BCUT2D eigenvalue weighted by Crippen LogP contribution is -2.33. The molecule has 2 atom stereocenters. The van der Waals surface area contributed by atoms with E-state index in [0.29, 0.717) is 6.04 Å². The van der Waals surface area contributed by atoms with Gasteiger partial charge in [0.1, 0.15) is 5.75 Å². The molecule has 19 heavy (non-hydrogen) atoms. The molecule has 2 nitrogen and oxygen atoms in total. The Labute approximate surface area is 125 Å². The summed E-state index contributed by atoms with van der Waals surface area (Å²) in [6, 6.07) is 7.13. The lowest BCUT2D eigenvalue weighted by molar-refractivity contribution is 0.350. The van der Waals surface area contributed by atoms with E-state index in [1.165, 1.54) is 37.7 Å². The van der Waals surface area contributed by atoms with Gasteiger partial charge in [-0.15, -0.1) is 0 Å². The number of methoxy groups -OCH3 is 1. The van der Waals surface area contributed by atoms with Crippen LogP contribution in [0.4, 0.5) is 0 Å². The molecule has 1 N–H and O–H groups in total. The molecule has 0 aromatic heterocycles. The van der Waals surface area contributed by atoms with Crippen molar-refractivity contribution < 1.29 is 4.74 Å². The molecule has 1 fully saturated rings. The topological polar surface area (TPSA) is 21.3 Å². The number of hydrogen-bond acceptors (Lipinski definition) is 2. The van der Waals surface area contributed by atoms with Crippen molar-refractivity contribution in [1.29, 1.82) is 0 Å². The maximum absolute atomic E-state index is 5.29. The van der Waals surface area contributed by atoms with Gasteiger partial charge in [-0.3, -0.25) is 0 Å². The van der Waals surface area contributed by atoms with Gasteiger partial charge in [0, 0.05) is 6.04 Å². The Morgan fingerprint density at radius 1 is 1.26 bits per heavy atom. The van der Waals surface area contributed by atoms with E-state index >= 15 is 0 Å². The highest BCUT2D eigenvalue weighted by Crippen LogP contribution is 2.30. The van der Waals surface area contributed by atoms with Crippen LogP contribution in [0.25, 0.3) is 0 Å². The summed E-state index contributed by atoms with van der Waals surface area (Å²) in [6.45, 7) is 0. The lowest BCUT2D eigenvalue weighted by Gasteiger charge is -2.25. The zero-order valence-electron chi connectivity index (χ0n) is 11.9. The fourth-order valence-electron chi connectivity index (χ4n) is 3.15. The molecule has 0 radical (unpaired) electrons. The number of hydrogen-bond donors (Lipinski definition) is 1. The summed E-state index contributed by atoms with van der Waals surface area (Å²) >= 11 is 3.58. The van der Waals surface area contributed by atoms with Crippen molar-refractivity contribution >= 4 is 15.9 Å². The van der Waals surface area contributed by atoms with Gasteiger partial charge in [-0.25, -0.2) is 0 Å². The average molecular weight is 326 g/mol. The molecule has 1 aliphatic rings. The van der Waals surface area contributed by atoms with Crippen molar-refractivity contribution in [3.05, 3.63) is 28.2 Å². The minimum atomic E-state index is 0.670. The summed E-state index contributed by atoms with van der Waals surface area (Å²) in [5.74, 6) is 1.67. The molecular weight excluding hydrogens is 302 g/mol. The fraction of sp³-hybridized carbons (Fsp3) is 0.625. The van der Waals surface area contributed by atoms with Crippen molar-refractivity contribution in [2.75, 3.05) is 14.2 Å². The first-order valence-corrected chi connectivity index (χ1v) is 8.03. The van der Waals surface area contributed by atoms with Gasteiger partial charge in [-0.2, -0.15) is 0 Å². The maximum atomic E-state index is 5.29. The van der Waals surface area contributed by atoms with E-state index in [4.69, 9.17) is 4.74 Å². The maximum Gasteiger partial charge on any atom is 0.133 e. The molecular formula is C16H24BrNO. The van der Waals surface area contributed by atoms with Crippen molar-refractivity contribution in [3.63, 3.8) is 0 Å². The van der Waals surface area contributed by atoms with E-state index in [0.717, 1.165) is 22.6 Å². The van der Waals surface area contributed by atoms with Gasteiger partial charge in [-0.05, 0) is 65.9 Å². The summed E-state index contributed by atoms with van der Waals surface area (Å²) in [4.78, 5) is 0. The minimum Gasteiger partial charge on any atom is -0.496 e. The zero-order valence-corrected chi connectivity index (χ0v) is 13.5.